The van der Waals surface area contributed by atoms with Crippen molar-refractivity contribution in [2.75, 3.05) is 19.3 Å². The zero-order valence-corrected chi connectivity index (χ0v) is 14.9. The molecule has 1 saturated heterocycles. The van der Waals surface area contributed by atoms with Crippen molar-refractivity contribution in [1.82, 2.24) is 10.2 Å². The van der Waals surface area contributed by atoms with Crippen LogP contribution < -0.4 is 5.32 Å². The van der Waals surface area contributed by atoms with E-state index in [1.54, 1.807) is 0 Å². The predicted molar refractivity (Wildman–Crippen MR) is 91.5 cm³/mol. The Kier molecular flexibility index (Phi) is 6.25. The summed E-state index contributed by atoms with van der Waals surface area (Å²) < 4.78 is 0. The van der Waals surface area contributed by atoms with Crippen molar-refractivity contribution >= 4 is 11.8 Å². The van der Waals surface area contributed by atoms with Crippen molar-refractivity contribution in [3.05, 3.63) is 0 Å². The largest absolute Gasteiger partial charge is 0.311 e. The summed E-state index contributed by atoms with van der Waals surface area (Å²) >= 11 is 2.10. The first-order valence-electron chi connectivity index (χ1n) is 8.60. The van der Waals surface area contributed by atoms with Gasteiger partial charge in [0.1, 0.15) is 0 Å². The number of nitrogens with zero attached hydrogens (tertiary/aromatic N) is 1. The second kappa shape index (κ2) is 7.51. The van der Waals surface area contributed by atoms with Gasteiger partial charge in [0.05, 0.1) is 0 Å². The third-order valence-corrected chi connectivity index (χ3v) is 6.82. The van der Waals surface area contributed by atoms with Crippen LogP contribution in [0.2, 0.25) is 0 Å². The van der Waals surface area contributed by atoms with Gasteiger partial charge in [0.2, 0.25) is 0 Å². The highest BCUT2D eigenvalue weighted by atomic mass is 32.2. The number of thioether (sulfide) groups is 1. The zero-order valence-electron chi connectivity index (χ0n) is 14.1. The maximum absolute atomic E-state index is 3.84. The van der Waals surface area contributed by atoms with Crippen LogP contribution in [0, 0.1) is 11.8 Å². The summed E-state index contributed by atoms with van der Waals surface area (Å²) in [5.41, 5.74) is 0. The van der Waals surface area contributed by atoms with Gasteiger partial charge in [-0.2, -0.15) is 11.8 Å². The maximum Gasteiger partial charge on any atom is 0.0247 e. The summed E-state index contributed by atoms with van der Waals surface area (Å²) in [6.07, 6.45) is 7.87. The molecule has 0 aromatic carbocycles. The molecule has 0 spiro atoms. The highest BCUT2D eigenvalue weighted by molar-refractivity contribution is 7.99. The molecule has 3 heteroatoms. The molecular formula is C17H34N2S. The average molecular weight is 299 g/mol. The van der Waals surface area contributed by atoms with Crippen LogP contribution in [0.15, 0.2) is 0 Å². The van der Waals surface area contributed by atoms with Crippen molar-refractivity contribution < 1.29 is 0 Å². The molecule has 1 aliphatic heterocycles. The lowest BCUT2D eigenvalue weighted by Gasteiger charge is -2.48. The molecule has 5 unspecified atom stereocenters. The van der Waals surface area contributed by atoms with Crippen LogP contribution in [0.25, 0.3) is 0 Å². The second-order valence-electron chi connectivity index (χ2n) is 7.18. The van der Waals surface area contributed by atoms with Gasteiger partial charge in [-0.1, -0.05) is 40.5 Å². The Morgan fingerprint density at radius 1 is 1.25 bits per heavy atom. The first-order valence-corrected chi connectivity index (χ1v) is 9.89. The first kappa shape index (κ1) is 16.6. The minimum absolute atomic E-state index is 0.693. The minimum atomic E-state index is 0.693. The van der Waals surface area contributed by atoms with Crippen LogP contribution in [0.5, 0.6) is 0 Å². The molecule has 0 bridgehead atoms. The molecule has 0 aromatic rings. The van der Waals surface area contributed by atoms with Crippen LogP contribution in [0.4, 0.5) is 0 Å². The molecule has 2 fully saturated rings. The van der Waals surface area contributed by atoms with Gasteiger partial charge in [-0.15, -0.1) is 0 Å². The summed E-state index contributed by atoms with van der Waals surface area (Å²) in [7, 11) is 0. The van der Waals surface area contributed by atoms with E-state index < -0.39 is 0 Å². The summed E-state index contributed by atoms with van der Waals surface area (Å²) in [6.45, 7) is 12.0. The minimum Gasteiger partial charge on any atom is -0.311 e. The SMILES string of the molecule is CCC(C)C1CN(C2CCCC2SC)C(C(C)C)CN1. The fourth-order valence-corrected chi connectivity index (χ4v) is 5.05. The van der Waals surface area contributed by atoms with Crippen molar-refractivity contribution in [2.45, 2.75) is 76.8 Å². The van der Waals surface area contributed by atoms with Crippen LogP contribution in [0.1, 0.15) is 53.4 Å². The third-order valence-electron chi connectivity index (χ3n) is 5.67. The van der Waals surface area contributed by atoms with E-state index in [4.69, 9.17) is 0 Å². The van der Waals surface area contributed by atoms with Gasteiger partial charge >= 0.3 is 0 Å². The lowest BCUT2D eigenvalue weighted by Crippen LogP contribution is -2.63. The molecule has 5 atom stereocenters. The first-order chi connectivity index (χ1) is 9.58. The summed E-state index contributed by atoms with van der Waals surface area (Å²) in [4.78, 5) is 2.90. The Morgan fingerprint density at radius 2 is 2.00 bits per heavy atom. The van der Waals surface area contributed by atoms with Crippen molar-refractivity contribution in [3.63, 3.8) is 0 Å². The number of nitrogens with one attached hydrogen (secondary N) is 1. The molecule has 1 N–H and O–H groups in total. The molecule has 118 valence electrons. The Labute approximate surface area is 130 Å². The number of hydrogen-bond acceptors (Lipinski definition) is 3. The molecule has 1 heterocycles. The summed E-state index contributed by atoms with van der Waals surface area (Å²) in [6, 6.07) is 2.25. The van der Waals surface area contributed by atoms with Gasteiger partial charge in [-0.3, -0.25) is 4.90 Å². The molecule has 2 rings (SSSR count). The third kappa shape index (κ3) is 3.53. The van der Waals surface area contributed by atoms with Gasteiger partial charge in [-0.25, -0.2) is 0 Å². The molecule has 2 aliphatic rings. The fraction of sp³-hybridized carbons (Fsp3) is 1.00. The van der Waals surface area contributed by atoms with E-state index in [2.05, 4.69) is 55.9 Å². The van der Waals surface area contributed by atoms with E-state index in [1.165, 1.54) is 38.8 Å². The normalized spacial score (nSPS) is 37.5. The van der Waals surface area contributed by atoms with Crippen LogP contribution >= 0.6 is 11.8 Å². The van der Waals surface area contributed by atoms with Crippen molar-refractivity contribution in [1.29, 1.82) is 0 Å². The number of piperazine rings is 1. The van der Waals surface area contributed by atoms with Gasteiger partial charge in [0.25, 0.3) is 0 Å². The van der Waals surface area contributed by atoms with Crippen LogP contribution in [0.3, 0.4) is 0 Å². The van der Waals surface area contributed by atoms with Gasteiger partial charge < -0.3 is 5.32 Å². The molecule has 2 nitrogen and oxygen atoms in total. The Balaban J connectivity index is 2.10. The smallest absolute Gasteiger partial charge is 0.0247 e. The zero-order chi connectivity index (χ0) is 14.7. The van der Waals surface area contributed by atoms with Crippen molar-refractivity contribution in [2.24, 2.45) is 11.8 Å². The highest BCUT2D eigenvalue weighted by Crippen LogP contribution is 2.35. The summed E-state index contributed by atoms with van der Waals surface area (Å²) in [5.74, 6) is 1.54. The van der Waals surface area contributed by atoms with Gasteiger partial charge in [0.15, 0.2) is 0 Å². The Hall–Kier alpha value is 0.270. The lowest BCUT2D eigenvalue weighted by molar-refractivity contribution is 0.0470. The Morgan fingerprint density at radius 3 is 2.60 bits per heavy atom. The quantitative estimate of drug-likeness (QED) is 0.834. The predicted octanol–water partition coefficient (Wildman–Crippen LogP) is 3.62. The van der Waals surface area contributed by atoms with E-state index in [9.17, 15) is 0 Å². The molecule has 0 aromatic heterocycles. The topological polar surface area (TPSA) is 15.3 Å². The number of rotatable bonds is 5. The van der Waals surface area contributed by atoms with E-state index in [0.29, 0.717) is 6.04 Å². The van der Waals surface area contributed by atoms with Crippen molar-refractivity contribution in [3.8, 4) is 0 Å². The highest BCUT2D eigenvalue weighted by Gasteiger charge is 2.40. The van der Waals surface area contributed by atoms with E-state index in [0.717, 1.165) is 29.2 Å². The van der Waals surface area contributed by atoms with Crippen LogP contribution in [-0.2, 0) is 0 Å². The fourth-order valence-electron chi connectivity index (χ4n) is 4.04. The van der Waals surface area contributed by atoms with E-state index in [-0.39, 0.29) is 0 Å². The standard InChI is InChI=1S/C17H34N2S/c1-6-13(4)14-11-19(16(10-18-14)12(2)3)15-8-7-9-17(15)20-5/h12-18H,6-11H2,1-5H3. The molecular weight excluding hydrogens is 264 g/mol. The maximum atomic E-state index is 3.84. The average Bonchev–Trinajstić information content (AvgIpc) is 2.93. The van der Waals surface area contributed by atoms with Crippen LogP contribution in [-0.4, -0.2) is 47.6 Å². The molecule has 1 saturated carbocycles. The summed E-state index contributed by atoms with van der Waals surface area (Å²) in [5, 5.41) is 4.71. The monoisotopic (exact) mass is 298 g/mol. The van der Waals surface area contributed by atoms with Gasteiger partial charge in [-0.05, 0) is 30.9 Å². The molecule has 20 heavy (non-hydrogen) atoms. The van der Waals surface area contributed by atoms with Gasteiger partial charge in [0, 0.05) is 36.5 Å². The molecule has 0 radical (unpaired) electrons. The van der Waals surface area contributed by atoms with E-state index in [1.807, 2.05) is 0 Å². The molecule has 1 aliphatic carbocycles. The Bertz CT molecular complexity index is 295. The number of hydrogen-bond donors (Lipinski definition) is 1. The van der Waals surface area contributed by atoms with E-state index >= 15 is 0 Å². The second-order valence-corrected chi connectivity index (χ2v) is 8.26. The molecule has 0 amide bonds. The lowest BCUT2D eigenvalue weighted by atomic mass is 9.90.